The Balaban J connectivity index is 2.41. The molecule has 2 radical (unpaired) electrons. The van der Waals surface area contributed by atoms with E-state index in [2.05, 4.69) is 0 Å². The zero-order valence-corrected chi connectivity index (χ0v) is 11.3. The van der Waals surface area contributed by atoms with E-state index < -0.39 is 0 Å². The number of hydrogen-bond donors (Lipinski definition) is 0. The highest BCUT2D eigenvalue weighted by Crippen LogP contribution is 2.27. The van der Waals surface area contributed by atoms with Gasteiger partial charge in [0, 0.05) is 20.2 Å². The molecule has 1 heterocycles. The Labute approximate surface area is 116 Å². The minimum atomic E-state index is 0.0474. The summed E-state index contributed by atoms with van der Waals surface area (Å²) in [5.74, 6) is 0.703. The van der Waals surface area contributed by atoms with E-state index in [1.54, 1.807) is 24.5 Å². The SMILES string of the molecule is [B]Cc1ccc2c(=O)c3cc(OC)ccc3sc2c1. The number of benzene rings is 2. The van der Waals surface area contributed by atoms with Gasteiger partial charge in [0.1, 0.15) is 5.75 Å². The molecule has 0 N–H and O–H groups in total. The van der Waals surface area contributed by atoms with Crippen molar-refractivity contribution in [2.75, 3.05) is 7.11 Å². The minimum absolute atomic E-state index is 0.0474. The molecule has 92 valence electrons. The summed E-state index contributed by atoms with van der Waals surface area (Å²) in [4.78, 5) is 12.5. The van der Waals surface area contributed by atoms with Crippen molar-refractivity contribution in [1.29, 1.82) is 0 Å². The Morgan fingerprint density at radius 3 is 2.68 bits per heavy atom. The summed E-state index contributed by atoms with van der Waals surface area (Å²) in [6.07, 6.45) is 0.484. The van der Waals surface area contributed by atoms with Gasteiger partial charge in [-0.05, 0) is 30.3 Å². The van der Waals surface area contributed by atoms with Gasteiger partial charge in [-0.25, -0.2) is 0 Å². The van der Waals surface area contributed by atoms with Crippen molar-refractivity contribution in [3.8, 4) is 5.75 Å². The van der Waals surface area contributed by atoms with Gasteiger partial charge in [0.2, 0.25) is 0 Å². The molecule has 0 amide bonds. The maximum absolute atomic E-state index is 12.5. The molecule has 3 rings (SSSR count). The first-order valence-corrected chi connectivity index (χ1v) is 6.78. The lowest BCUT2D eigenvalue weighted by Crippen LogP contribution is -2.01. The molecule has 0 aliphatic rings. The van der Waals surface area contributed by atoms with Gasteiger partial charge < -0.3 is 4.74 Å². The molecule has 0 saturated carbocycles. The molecule has 0 unspecified atom stereocenters. The molecule has 3 aromatic rings. The molecular formula is C15H11BO2S. The Bertz CT molecular complexity index is 823. The molecule has 0 spiro atoms. The number of fused-ring (bicyclic) bond motifs is 2. The third-order valence-corrected chi connectivity index (χ3v) is 4.31. The Hall–Kier alpha value is -1.81. The van der Waals surface area contributed by atoms with E-state index >= 15 is 0 Å². The summed E-state index contributed by atoms with van der Waals surface area (Å²) >= 11 is 1.60. The van der Waals surface area contributed by atoms with E-state index in [-0.39, 0.29) is 5.43 Å². The highest BCUT2D eigenvalue weighted by molar-refractivity contribution is 7.24. The average Bonchev–Trinajstić information content (AvgIpc) is 2.46. The molecule has 0 fully saturated rings. The number of ether oxygens (including phenoxy) is 1. The maximum atomic E-state index is 12.5. The first kappa shape index (κ1) is 12.2. The molecule has 2 aromatic carbocycles. The first-order valence-electron chi connectivity index (χ1n) is 5.96. The standard InChI is InChI=1S/C15H11BO2S/c1-18-10-3-5-13-12(7-10)15(17)11-4-2-9(8-16)6-14(11)19-13/h2-7H,8H2,1H3. The van der Waals surface area contributed by atoms with Crippen LogP contribution in [0.1, 0.15) is 5.56 Å². The van der Waals surface area contributed by atoms with Gasteiger partial charge in [0.15, 0.2) is 5.43 Å². The van der Waals surface area contributed by atoms with Crippen LogP contribution in [0, 0.1) is 0 Å². The van der Waals surface area contributed by atoms with Crippen molar-refractivity contribution in [3.05, 3.63) is 52.2 Å². The Morgan fingerprint density at radius 1 is 1.11 bits per heavy atom. The number of rotatable bonds is 2. The van der Waals surface area contributed by atoms with Crippen LogP contribution in [0.2, 0.25) is 0 Å². The van der Waals surface area contributed by atoms with Crippen LogP contribution in [-0.2, 0) is 6.32 Å². The van der Waals surface area contributed by atoms with E-state index in [1.807, 2.05) is 30.3 Å². The largest absolute Gasteiger partial charge is 0.497 e. The lowest BCUT2D eigenvalue weighted by atomic mass is 9.96. The molecule has 0 atom stereocenters. The summed E-state index contributed by atoms with van der Waals surface area (Å²) in [6, 6.07) is 11.3. The van der Waals surface area contributed by atoms with Crippen LogP contribution in [0.25, 0.3) is 20.2 Å². The van der Waals surface area contributed by atoms with Crippen molar-refractivity contribution in [1.82, 2.24) is 0 Å². The fraction of sp³-hybridized carbons (Fsp3) is 0.133. The van der Waals surface area contributed by atoms with E-state index in [0.29, 0.717) is 17.5 Å². The van der Waals surface area contributed by atoms with Gasteiger partial charge in [0.25, 0.3) is 0 Å². The monoisotopic (exact) mass is 266 g/mol. The van der Waals surface area contributed by atoms with Crippen molar-refractivity contribution in [2.24, 2.45) is 0 Å². The van der Waals surface area contributed by atoms with Crippen LogP contribution in [0.4, 0.5) is 0 Å². The summed E-state index contributed by atoms with van der Waals surface area (Å²) in [6.45, 7) is 0. The van der Waals surface area contributed by atoms with Crippen LogP contribution < -0.4 is 10.2 Å². The molecular weight excluding hydrogens is 255 g/mol. The summed E-state index contributed by atoms with van der Waals surface area (Å²) < 4.78 is 7.12. The molecule has 0 aliphatic heterocycles. The van der Waals surface area contributed by atoms with Gasteiger partial charge >= 0.3 is 0 Å². The molecule has 19 heavy (non-hydrogen) atoms. The summed E-state index contributed by atoms with van der Waals surface area (Å²) in [7, 11) is 7.24. The second-order valence-electron chi connectivity index (χ2n) is 4.33. The Morgan fingerprint density at radius 2 is 1.95 bits per heavy atom. The molecule has 0 saturated heterocycles. The highest BCUT2D eigenvalue weighted by atomic mass is 32.1. The van der Waals surface area contributed by atoms with Gasteiger partial charge in [-0.3, -0.25) is 4.79 Å². The molecule has 1 aromatic heterocycles. The van der Waals surface area contributed by atoms with E-state index in [0.717, 1.165) is 20.3 Å². The first-order chi connectivity index (χ1) is 9.22. The predicted molar refractivity (Wildman–Crippen MR) is 81.6 cm³/mol. The van der Waals surface area contributed by atoms with Crippen molar-refractivity contribution in [3.63, 3.8) is 0 Å². The second-order valence-corrected chi connectivity index (χ2v) is 5.41. The number of methoxy groups -OCH3 is 1. The molecule has 0 aliphatic carbocycles. The van der Waals surface area contributed by atoms with E-state index in [9.17, 15) is 4.79 Å². The fourth-order valence-corrected chi connectivity index (χ4v) is 3.25. The minimum Gasteiger partial charge on any atom is -0.497 e. The zero-order valence-electron chi connectivity index (χ0n) is 10.5. The fourth-order valence-electron chi connectivity index (χ4n) is 2.13. The third kappa shape index (κ3) is 2.02. The third-order valence-electron chi connectivity index (χ3n) is 3.18. The topological polar surface area (TPSA) is 26.3 Å². The van der Waals surface area contributed by atoms with Gasteiger partial charge in [0.05, 0.1) is 15.0 Å². The Kier molecular flexibility index (Phi) is 3.03. The van der Waals surface area contributed by atoms with Crippen molar-refractivity contribution >= 4 is 39.4 Å². The van der Waals surface area contributed by atoms with Crippen LogP contribution in [-0.4, -0.2) is 15.0 Å². The molecule has 0 bridgehead atoms. The van der Waals surface area contributed by atoms with Crippen LogP contribution in [0.3, 0.4) is 0 Å². The second kappa shape index (κ2) is 4.70. The van der Waals surface area contributed by atoms with Crippen LogP contribution in [0.15, 0.2) is 41.2 Å². The van der Waals surface area contributed by atoms with Gasteiger partial charge in [-0.1, -0.05) is 17.9 Å². The van der Waals surface area contributed by atoms with Crippen LogP contribution >= 0.6 is 11.3 Å². The highest BCUT2D eigenvalue weighted by Gasteiger charge is 2.07. The van der Waals surface area contributed by atoms with Crippen molar-refractivity contribution in [2.45, 2.75) is 6.32 Å². The normalized spacial score (nSPS) is 11.0. The zero-order chi connectivity index (χ0) is 13.4. The quantitative estimate of drug-likeness (QED) is 0.526. The predicted octanol–water partition coefficient (Wildman–Crippen LogP) is 3.09. The van der Waals surface area contributed by atoms with Crippen LogP contribution in [0.5, 0.6) is 5.75 Å². The molecule has 4 heteroatoms. The summed E-state index contributed by atoms with van der Waals surface area (Å²) in [5, 5.41) is 1.44. The number of hydrogen-bond acceptors (Lipinski definition) is 3. The van der Waals surface area contributed by atoms with E-state index in [4.69, 9.17) is 12.6 Å². The summed E-state index contributed by atoms with van der Waals surface area (Å²) in [5.41, 5.74) is 1.09. The molecule has 2 nitrogen and oxygen atoms in total. The van der Waals surface area contributed by atoms with E-state index in [1.165, 1.54) is 0 Å². The maximum Gasteiger partial charge on any atom is 0.196 e. The lowest BCUT2D eigenvalue weighted by molar-refractivity contribution is 0.415. The smallest absolute Gasteiger partial charge is 0.196 e. The lowest BCUT2D eigenvalue weighted by Gasteiger charge is -2.05. The average molecular weight is 266 g/mol. The van der Waals surface area contributed by atoms with Gasteiger partial charge in [-0.15, -0.1) is 11.3 Å². The van der Waals surface area contributed by atoms with Crippen molar-refractivity contribution < 1.29 is 4.74 Å². The van der Waals surface area contributed by atoms with Gasteiger partial charge in [-0.2, -0.15) is 0 Å².